The topological polar surface area (TPSA) is 116 Å². The molecule has 1 aromatic heterocycles. The van der Waals surface area contributed by atoms with Gasteiger partial charge in [0.1, 0.15) is 16.4 Å². The molecule has 10 heteroatoms. The minimum atomic E-state index is -3.85. The number of nitro benzene ring substituents is 1. The third-order valence-electron chi connectivity index (χ3n) is 3.81. The summed E-state index contributed by atoms with van der Waals surface area (Å²) in [7, 11) is -3.85. The summed E-state index contributed by atoms with van der Waals surface area (Å²) in [6.07, 6.45) is -0.773. The Hall–Kier alpha value is -2.30. The zero-order chi connectivity index (χ0) is 20.2. The third-order valence-corrected chi connectivity index (χ3v) is 6.64. The number of esters is 1. The molecular formula is C17H20N2O6S2. The van der Waals surface area contributed by atoms with Crippen molar-refractivity contribution in [2.45, 2.75) is 37.1 Å². The van der Waals surface area contributed by atoms with E-state index in [1.165, 1.54) is 24.3 Å². The largest absolute Gasteiger partial charge is 0.457 e. The lowest BCUT2D eigenvalue weighted by atomic mass is 10.1. The van der Waals surface area contributed by atoms with Crippen molar-refractivity contribution in [2.75, 3.05) is 0 Å². The van der Waals surface area contributed by atoms with Crippen molar-refractivity contribution in [1.29, 1.82) is 0 Å². The summed E-state index contributed by atoms with van der Waals surface area (Å²) in [5.41, 5.74) is 0.329. The predicted octanol–water partition coefficient (Wildman–Crippen LogP) is 3.26. The molecule has 0 saturated carbocycles. The van der Waals surface area contributed by atoms with Gasteiger partial charge in [0.25, 0.3) is 15.7 Å². The molecule has 0 saturated heterocycles. The van der Waals surface area contributed by atoms with Crippen LogP contribution < -0.4 is 4.72 Å². The van der Waals surface area contributed by atoms with Gasteiger partial charge in [-0.2, -0.15) is 4.72 Å². The van der Waals surface area contributed by atoms with Crippen molar-refractivity contribution >= 4 is 33.0 Å². The van der Waals surface area contributed by atoms with Crippen LogP contribution in [0.3, 0.4) is 0 Å². The van der Waals surface area contributed by atoms with E-state index in [1.807, 2.05) is 0 Å². The van der Waals surface area contributed by atoms with Gasteiger partial charge >= 0.3 is 5.97 Å². The number of nitrogens with one attached hydrogen (secondary N) is 1. The molecule has 0 spiro atoms. The van der Waals surface area contributed by atoms with E-state index in [-0.39, 0.29) is 15.8 Å². The molecule has 0 amide bonds. The van der Waals surface area contributed by atoms with E-state index in [4.69, 9.17) is 4.74 Å². The summed E-state index contributed by atoms with van der Waals surface area (Å²) in [6, 6.07) is 7.72. The van der Waals surface area contributed by atoms with Crippen molar-refractivity contribution in [3.63, 3.8) is 0 Å². The Balaban J connectivity index is 2.15. The second-order valence-corrected chi connectivity index (χ2v) is 9.09. The van der Waals surface area contributed by atoms with Crippen LogP contribution >= 0.6 is 11.3 Å². The molecule has 146 valence electrons. The highest BCUT2D eigenvalue weighted by Gasteiger charge is 2.31. The number of non-ortho nitro benzene ring substituents is 1. The molecule has 0 unspecified atom stereocenters. The zero-order valence-corrected chi connectivity index (χ0v) is 16.6. The number of benzene rings is 1. The Morgan fingerprint density at radius 2 is 1.93 bits per heavy atom. The van der Waals surface area contributed by atoms with Gasteiger partial charge in [-0.25, -0.2) is 8.42 Å². The standard InChI is InChI=1S/C17H20N2O6S2/c1-11(2)16(18-27(23,24)15-8-5-9-26-15)17(20)25-12(3)13-6-4-7-14(10-13)19(21)22/h4-12,16,18H,1-3H3/t12-,16+/m0/s1. The number of nitro groups is 1. The SMILES string of the molecule is CC(C)[C@@H](NS(=O)(=O)c1cccs1)C(=O)O[C@@H](C)c1cccc([N+](=O)[O-])c1. The highest BCUT2D eigenvalue weighted by atomic mass is 32.2. The minimum Gasteiger partial charge on any atom is -0.457 e. The molecule has 1 heterocycles. The molecule has 27 heavy (non-hydrogen) atoms. The van der Waals surface area contributed by atoms with Crippen molar-refractivity contribution in [3.05, 3.63) is 57.5 Å². The summed E-state index contributed by atoms with van der Waals surface area (Å²) < 4.78 is 32.7. The van der Waals surface area contributed by atoms with E-state index in [0.717, 1.165) is 11.3 Å². The van der Waals surface area contributed by atoms with Gasteiger partial charge in [0.2, 0.25) is 0 Å². The van der Waals surface area contributed by atoms with E-state index in [9.17, 15) is 23.3 Å². The molecule has 1 N–H and O–H groups in total. The number of nitrogens with zero attached hydrogens (tertiary/aromatic N) is 1. The monoisotopic (exact) mass is 412 g/mol. The summed E-state index contributed by atoms with van der Waals surface area (Å²) in [5.74, 6) is -1.10. The predicted molar refractivity (Wildman–Crippen MR) is 101 cm³/mol. The van der Waals surface area contributed by atoms with Crippen LogP contribution in [-0.4, -0.2) is 25.4 Å². The number of hydrogen-bond donors (Lipinski definition) is 1. The number of thiophene rings is 1. The molecule has 2 atom stereocenters. The van der Waals surface area contributed by atoms with Crippen LogP contribution in [0.1, 0.15) is 32.4 Å². The maximum atomic E-state index is 12.6. The summed E-state index contributed by atoms with van der Waals surface area (Å²) in [5, 5.41) is 12.5. The lowest BCUT2D eigenvalue weighted by molar-refractivity contribution is -0.385. The number of sulfonamides is 1. The first-order valence-electron chi connectivity index (χ1n) is 8.12. The van der Waals surface area contributed by atoms with Gasteiger partial charge in [0.05, 0.1) is 4.92 Å². The van der Waals surface area contributed by atoms with Crippen LogP contribution in [0.2, 0.25) is 0 Å². The Kier molecular flexibility index (Phi) is 6.68. The third kappa shape index (κ3) is 5.34. The number of hydrogen-bond acceptors (Lipinski definition) is 7. The average Bonchev–Trinajstić information content (AvgIpc) is 3.15. The molecule has 0 radical (unpaired) electrons. The first-order valence-corrected chi connectivity index (χ1v) is 10.5. The smallest absolute Gasteiger partial charge is 0.325 e. The lowest BCUT2D eigenvalue weighted by Gasteiger charge is -2.23. The van der Waals surface area contributed by atoms with Gasteiger partial charge in [0.15, 0.2) is 0 Å². The summed E-state index contributed by atoms with van der Waals surface area (Å²) >= 11 is 1.04. The molecule has 1 aromatic carbocycles. The molecule has 2 aromatic rings. The van der Waals surface area contributed by atoms with Crippen molar-refractivity contribution in [2.24, 2.45) is 5.92 Å². The maximum Gasteiger partial charge on any atom is 0.325 e. The number of carbonyl (C=O) groups is 1. The Bertz CT molecular complexity index is 909. The van der Waals surface area contributed by atoms with E-state index in [1.54, 1.807) is 38.3 Å². The fraction of sp³-hybridized carbons (Fsp3) is 0.353. The fourth-order valence-corrected chi connectivity index (χ4v) is 4.65. The molecular weight excluding hydrogens is 392 g/mol. The van der Waals surface area contributed by atoms with Gasteiger partial charge in [-0.1, -0.05) is 32.0 Å². The van der Waals surface area contributed by atoms with Gasteiger partial charge in [-0.3, -0.25) is 14.9 Å². The van der Waals surface area contributed by atoms with E-state index in [0.29, 0.717) is 5.56 Å². The zero-order valence-electron chi connectivity index (χ0n) is 15.0. The fourth-order valence-electron chi connectivity index (χ4n) is 2.30. The van der Waals surface area contributed by atoms with E-state index >= 15 is 0 Å². The summed E-state index contributed by atoms with van der Waals surface area (Å²) in [4.78, 5) is 22.9. The Morgan fingerprint density at radius 1 is 1.22 bits per heavy atom. The highest BCUT2D eigenvalue weighted by molar-refractivity contribution is 7.91. The first kappa shape index (κ1) is 21.0. The minimum absolute atomic E-state index is 0.104. The highest BCUT2D eigenvalue weighted by Crippen LogP contribution is 2.23. The van der Waals surface area contributed by atoms with E-state index in [2.05, 4.69) is 4.72 Å². The first-order chi connectivity index (χ1) is 12.6. The second kappa shape index (κ2) is 8.59. The number of ether oxygens (including phenoxy) is 1. The maximum absolute atomic E-state index is 12.6. The molecule has 2 rings (SSSR count). The molecule has 0 bridgehead atoms. The second-order valence-electron chi connectivity index (χ2n) is 6.21. The van der Waals surface area contributed by atoms with Gasteiger partial charge < -0.3 is 4.74 Å². The van der Waals surface area contributed by atoms with Crippen molar-refractivity contribution in [1.82, 2.24) is 4.72 Å². The molecule has 8 nitrogen and oxygen atoms in total. The normalized spacial score (nSPS) is 13.9. The van der Waals surface area contributed by atoms with Crippen molar-refractivity contribution in [3.8, 4) is 0 Å². The van der Waals surface area contributed by atoms with Crippen LogP contribution in [0.25, 0.3) is 0 Å². The Morgan fingerprint density at radius 3 is 2.48 bits per heavy atom. The number of carbonyl (C=O) groups excluding carboxylic acids is 1. The molecule has 0 aliphatic heterocycles. The average molecular weight is 412 g/mol. The van der Waals surface area contributed by atoms with Crippen molar-refractivity contribution < 1.29 is 22.9 Å². The van der Waals surface area contributed by atoms with Gasteiger partial charge in [-0.05, 0) is 29.9 Å². The summed E-state index contributed by atoms with van der Waals surface area (Å²) in [6.45, 7) is 4.96. The molecule has 0 aliphatic carbocycles. The molecule has 0 aliphatic rings. The lowest BCUT2D eigenvalue weighted by Crippen LogP contribution is -2.45. The Labute approximate surface area is 161 Å². The van der Waals surface area contributed by atoms with Gasteiger partial charge in [0, 0.05) is 12.1 Å². The van der Waals surface area contributed by atoms with Crippen LogP contribution in [-0.2, 0) is 19.6 Å². The number of rotatable bonds is 8. The quantitative estimate of drug-likeness (QED) is 0.404. The van der Waals surface area contributed by atoms with Crippen LogP contribution in [0.15, 0.2) is 46.0 Å². The van der Waals surface area contributed by atoms with E-state index < -0.39 is 33.1 Å². The molecule has 0 fully saturated rings. The van der Waals surface area contributed by atoms with Crippen LogP contribution in [0, 0.1) is 16.0 Å². The van der Waals surface area contributed by atoms with Gasteiger partial charge in [-0.15, -0.1) is 11.3 Å². The van der Waals surface area contributed by atoms with Crippen LogP contribution in [0.4, 0.5) is 5.69 Å². The van der Waals surface area contributed by atoms with Crippen LogP contribution in [0.5, 0.6) is 0 Å².